The van der Waals surface area contributed by atoms with E-state index < -0.39 is 12.1 Å². The molecular weight excluding hydrogens is 334 g/mol. The van der Waals surface area contributed by atoms with Crippen molar-refractivity contribution in [2.45, 2.75) is 13.0 Å². The van der Waals surface area contributed by atoms with Gasteiger partial charge in [0.2, 0.25) is 11.8 Å². The van der Waals surface area contributed by atoms with Gasteiger partial charge in [0.15, 0.2) is 0 Å². The van der Waals surface area contributed by atoms with E-state index in [2.05, 4.69) is 20.3 Å². The Labute approximate surface area is 150 Å². The molecular formula is C18H19N5O3. The summed E-state index contributed by atoms with van der Waals surface area (Å²) < 4.78 is 5.25. The first kappa shape index (κ1) is 17.4. The summed E-state index contributed by atoms with van der Waals surface area (Å²) in [4.78, 5) is 23.1. The number of nitrogens with one attached hydrogen (secondary N) is 2. The van der Waals surface area contributed by atoms with Crippen molar-refractivity contribution in [2.24, 2.45) is 0 Å². The summed E-state index contributed by atoms with van der Waals surface area (Å²) in [7, 11) is 0. The van der Waals surface area contributed by atoms with Crippen molar-refractivity contribution < 1.29 is 14.6 Å². The molecule has 0 radical (unpaired) electrons. The molecule has 8 nitrogen and oxygen atoms in total. The van der Waals surface area contributed by atoms with Crippen molar-refractivity contribution in [2.75, 3.05) is 12.3 Å². The molecule has 0 spiro atoms. The Kier molecular flexibility index (Phi) is 5.14. The number of aliphatic hydroxyl groups is 1. The number of aliphatic hydroxyl groups excluding tert-OH is 1. The molecule has 2 heterocycles. The molecule has 3 rings (SSSR count). The van der Waals surface area contributed by atoms with Gasteiger partial charge in [0.05, 0.1) is 18.3 Å². The van der Waals surface area contributed by atoms with Crippen LogP contribution in [0.3, 0.4) is 0 Å². The lowest BCUT2D eigenvalue weighted by Crippen LogP contribution is -2.33. The standard InChI is InChI=1S/C18H19N5O3/c1-11-8-21-17(19)23-16(11)13-7-15(20-9-13)26-18(25)22-14(10-24)12-5-3-2-4-6-12/h2-9,14,20,24H,10H2,1H3,(H,22,25)(H2,19,21,23). The predicted octanol–water partition coefficient (Wildman–Crippen LogP) is 2.18. The van der Waals surface area contributed by atoms with Crippen LogP contribution >= 0.6 is 0 Å². The van der Waals surface area contributed by atoms with Crippen LogP contribution < -0.4 is 15.8 Å². The molecule has 0 saturated heterocycles. The number of H-pyrrole nitrogens is 1. The molecule has 8 heteroatoms. The summed E-state index contributed by atoms with van der Waals surface area (Å²) in [6.45, 7) is 1.62. The maximum absolute atomic E-state index is 12.1. The predicted molar refractivity (Wildman–Crippen MR) is 96.4 cm³/mol. The van der Waals surface area contributed by atoms with E-state index in [1.807, 2.05) is 37.3 Å². The highest BCUT2D eigenvalue weighted by Crippen LogP contribution is 2.25. The molecule has 0 aliphatic rings. The van der Waals surface area contributed by atoms with E-state index in [0.717, 1.165) is 16.7 Å². The van der Waals surface area contributed by atoms with Gasteiger partial charge in [0.1, 0.15) is 0 Å². The van der Waals surface area contributed by atoms with Gasteiger partial charge in [-0.3, -0.25) is 0 Å². The second kappa shape index (κ2) is 7.66. The summed E-state index contributed by atoms with van der Waals surface area (Å²) in [5, 5.41) is 12.1. The highest BCUT2D eigenvalue weighted by Gasteiger charge is 2.16. The van der Waals surface area contributed by atoms with E-state index in [0.29, 0.717) is 5.69 Å². The van der Waals surface area contributed by atoms with Crippen LogP contribution in [0.5, 0.6) is 5.88 Å². The number of aromatic amines is 1. The van der Waals surface area contributed by atoms with Crippen LogP contribution in [-0.2, 0) is 0 Å². The molecule has 0 saturated carbocycles. The SMILES string of the molecule is Cc1cnc(N)nc1-c1c[nH]c(OC(=O)NC(CO)c2ccccc2)c1. The molecule has 0 fully saturated rings. The molecule has 26 heavy (non-hydrogen) atoms. The minimum atomic E-state index is -0.680. The zero-order valence-electron chi connectivity index (χ0n) is 14.1. The lowest BCUT2D eigenvalue weighted by Gasteiger charge is -2.15. The summed E-state index contributed by atoms with van der Waals surface area (Å²) >= 11 is 0. The Morgan fingerprint density at radius 1 is 1.38 bits per heavy atom. The minimum Gasteiger partial charge on any atom is -0.394 e. The van der Waals surface area contributed by atoms with Gasteiger partial charge in [-0.15, -0.1) is 0 Å². The molecule has 5 N–H and O–H groups in total. The number of aryl methyl sites for hydroxylation is 1. The van der Waals surface area contributed by atoms with Crippen LogP contribution in [0.15, 0.2) is 48.8 Å². The lowest BCUT2D eigenvalue weighted by molar-refractivity contribution is 0.182. The first-order valence-electron chi connectivity index (χ1n) is 7.99. The quantitative estimate of drug-likeness (QED) is 0.557. The second-order valence-electron chi connectivity index (χ2n) is 5.69. The fourth-order valence-electron chi connectivity index (χ4n) is 2.51. The summed E-state index contributed by atoms with van der Waals surface area (Å²) in [5.41, 5.74) is 8.63. The van der Waals surface area contributed by atoms with Gasteiger partial charge in [-0.25, -0.2) is 14.8 Å². The van der Waals surface area contributed by atoms with E-state index in [9.17, 15) is 9.90 Å². The first-order chi connectivity index (χ1) is 12.6. The normalized spacial score (nSPS) is 11.8. The minimum absolute atomic E-state index is 0.167. The smallest absolute Gasteiger partial charge is 0.394 e. The number of nitrogen functional groups attached to an aromatic ring is 1. The molecule has 0 bridgehead atoms. The number of anilines is 1. The van der Waals surface area contributed by atoms with Gasteiger partial charge in [-0.2, -0.15) is 0 Å². The number of benzene rings is 1. The third-order valence-electron chi connectivity index (χ3n) is 3.80. The highest BCUT2D eigenvalue weighted by atomic mass is 16.6. The average molecular weight is 353 g/mol. The zero-order chi connectivity index (χ0) is 18.5. The summed E-state index contributed by atoms with van der Waals surface area (Å²) in [5.74, 6) is 0.416. The fourth-order valence-corrected chi connectivity index (χ4v) is 2.51. The number of amides is 1. The third-order valence-corrected chi connectivity index (χ3v) is 3.80. The van der Waals surface area contributed by atoms with Crippen molar-refractivity contribution in [3.8, 4) is 17.1 Å². The van der Waals surface area contributed by atoms with Crippen LogP contribution in [0.2, 0.25) is 0 Å². The zero-order valence-corrected chi connectivity index (χ0v) is 14.1. The number of nitrogens with two attached hydrogens (primary N) is 1. The average Bonchev–Trinajstić information content (AvgIpc) is 3.10. The number of hydrogen-bond donors (Lipinski definition) is 4. The first-order valence-corrected chi connectivity index (χ1v) is 7.99. The molecule has 2 aromatic heterocycles. The van der Waals surface area contributed by atoms with Crippen LogP contribution in [-0.4, -0.2) is 32.8 Å². The van der Waals surface area contributed by atoms with Gasteiger partial charge in [0, 0.05) is 24.0 Å². The molecule has 3 aromatic rings. The molecule has 0 aliphatic heterocycles. The molecule has 1 amide bonds. The number of rotatable bonds is 5. The maximum Gasteiger partial charge on any atom is 0.414 e. The van der Waals surface area contributed by atoms with Gasteiger partial charge in [-0.05, 0) is 18.1 Å². The number of carbonyl (C=O) groups excluding carboxylic acids is 1. The van der Waals surface area contributed by atoms with Crippen LogP contribution in [0.25, 0.3) is 11.3 Å². The number of hydrogen-bond acceptors (Lipinski definition) is 6. The number of aromatic nitrogens is 3. The Bertz CT molecular complexity index is 895. The van der Waals surface area contributed by atoms with Crippen LogP contribution in [0.1, 0.15) is 17.2 Å². The van der Waals surface area contributed by atoms with E-state index in [4.69, 9.17) is 10.5 Å². The van der Waals surface area contributed by atoms with Crippen molar-refractivity contribution in [3.05, 3.63) is 59.9 Å². The Balaban J connectivity index is 1.69. The number of carbonyl (C=O) groups is 1. The summed E-state index contributed by atoms with van der Waals surface area (Å²) in [6, 6.07) is 10.2. The van der Waals surface area contributed by atoms with Gasteiger partial charge < -0.3 is 25.9 Å². The molecule has 1 atom stereocenters. The van der Waals surface area contributed by atoms with Gasteiger partial charge in [0.25, 0.3) is 0 Å². The van der Waals surface area contributed by atoms with Gasteiger partial charge >= 0.3 is 6.09 Å². The van der Waals surface area contributed by atoms with Crippen LogP contribution in [0, 0.1) is 6.92 Å². The Hall–Kier alpha value is -3.39. The third kappa shape index (κ3) is 3.98. The van der Waals surface area contributed by atoms with Gasteiger partial charge in [-0.1, -0.05) is 30.3 Å². The van der Waals surface area contributed by atoms with E-state index in [1.54, 1.807) is 18.5 Å². The topological polar surface area (TPSA) is 126 Å². The molecule has 1 aromatic carbocycles. The Morgan fingerprint density at radius 2 is 2.15 bits per heavy atom. The van der Waals surface area contributed by atoms with E-state index in [1.165, 1.54) is 0 Å². The lowest BCUT2D eigenvalue weighted by atomic mass is 10.1. The Morgan fingerprint density at radius 3 is 2.88 bits per heavy atom. The second-order valence-corrected chi connectivity index (χ2v) is 5.69. The van der Waals surface area contributed by atoms with E-state index >= 15 is 0 Å². The number of ether oxygens (including phenoxy) is 1. The van der Waals surface area contributed by atoms with Crippen molar-refractivity contribution in [1.82, 2.24) is 20.3 Å². The fraction of sp³-hybridized carbons (Fsp3) is 0.167. The molecule has 1 unspecified atom stereocenters. The van der Waals surface area contributed by atoms with Crippen molar-refractivity contribution in [3.63, 3.8) is 0 Å². The van der Waals surface area contributed by atoms with Crippen molar-refractivity contribution in [1.29, 1.82) is 0 Å². The molecule has 134 valence electrons. The molecule has 0 aliphatic carbocycles. The largest absolute Gasteiger partial charge is 0.414 e. The van der Waals surface area contributed by atoms with Crippen LogP contribution in [0.4, 0.5) is 10.7 Å². The van der Waals surface area contributed by atoms with E-state index in [-0.39, 0.29) is 18.4 Å². The maximum atomic E-state index is 12.1. The summed E-state index contributed by atoms with van der Waals surface area (Å²) in [6.07, 6.45) is 2.61. The number of nitrogens with zero attached hydrogens (tertiary/aromatic N) is 2. The highest BCUT2D eigenvalue weighted by molar-refractivity contribution is 5.72. The monoisotopic (exact) mass is 353 g/mol. The van der Waals surface area contributed by atoms with Crippen molar-refractivity contribution >= 4 is 12.0 Å².